The Balaban J connectivity index is 2.43. The summed E-state index contributed by atoms with van der Waals surface area (Å²) in [6, 6.07) is 5.84. The first-order valence-electron chi connectivity index (χ1n) is 8.72. The van der Waals surface area contributed by atoms with Gasteiger partial charge in [0.15, 0.2) is 0 Å². The Bertz CT molecular complexity index is 788. The number of hydrogen-bond acceptors (Lipinski definition) is 5. The molecule has 0 spiro atoms. The van der Waals surface area contributed by atoms with Gasteiger partial charge in [0.25, 0.3) is 5.91 Å². The van der Waals surface area contributed by atoms with Crippen LogP contribution in [0.4, 0.5) is 5.69 Å². The summed E-state index contributed by atoms with van der Waals surface area (Å²) in [6.07, 6.45) is 4.65. The number of hydrazone groups is 1. The molecule has 0 fully saturated rings. The fourth-order valence-electron chi connectivity index (χ4n) is 3.32. The van der Waals surface area contributed by atoms with E-state index in [1.807, 2.05) is 12.1 Å². The lowest BCUT2D eigenvalue weighted by molar-refractivity contribution is -0.120. The van der Waals surface area contributed by atoms with Gasteiger partial charge in [0.05, 0.1) is 24.9 Å². The Hall–Kier alpha value is -2.81. The number of nitriles is 1. The van der Waals surface area contributed by atoms with Crippen molar-refractivity contribution in [1.29, 1.82) is 5.26 Å². The normalized spacial score (nSPS) is 15.2. The van der Waals surface area contributed by atoms with E-state index in [2.05, 4.69) is 49.2 Å². The number of carbonyl (C=O) groups is 1. The molecule has 1 aliphatic rings. The molecule has 0 saturated carbocycles. The molecule has 1 aromatic carbocycles. The first kappa shape index (κ1) is 19.5. The van der Waals surface area contributed by atoms with Gasteiger partial charge >= 0.3 is 0 Å². The number of nitrogens with zero attached hydrogens (tertiary/aromatic N) is 3. The molecule has 6 nitrogen and oxygen atoms in total. The van der Waals surface area contributed by atoms with Gasteiger partial charge in [-0.25, -0.2) is 5.43 Å². The van der Waals surface area contributed by atoms with Gasteiger partial charge < -0.3 is 9.64 Å². The van der Waals surface area contributed by atoms with Gasteiger partial charge in [-0.3, -0.25) is 4.79 Å². The molecule has 0 aliphatic carbocycles. The molecular weight excluding hydrogens is 328 g/mol. The topological polar surface area (TPSA) is 77.7 Å². The number of nitrogens with one attached hydrogen (secondary N) is 1. The number of carbonyl (C=O) groups excluding carboxylic acids is 1. The Morgan fingerprint density at radius 3 is 2.81 bits per heavy atom. The smallest absolute Gasteiger partial charge is 0.254 e. The second-order valence-electron chi connectivity index (χ2n) is 6.87. The maximum atomic E-state index is 11.4. The SMILES string of the molecule is CCCN1c2cc(OC)c(/C=N\NC(=O)CC#N)cc2C(C)=CC1(C)C. The maximum Gasteiger partial charge on any atom is 0.254 e. The predicted molar refractivity (Wildman–Crippen MR) is 104 cm³/mol. The summed E-state index contributed by atoms with van der Waals surface area (Å²) in [5.41, 5.74) is 6.51. The molecule has 0 saturated heterocycles. The van der Waals surface area contributed by atoms with Crippen LogP contribution in [0.25, 0.3) is 5.57 Å². The molecule has 0 radical (unpaired) electrons. The number of amides is 1. The highest BCUT2D eigenvalue weighted by Gasteiger charge is 2.31. The second kappa shape index (κ2) is 8.05. The molecule has 0 aromatic heterocycles. The average molecular weight is 354 g/mol. The highest BCUT2D eigenvalue weighted by atomic mass is 16.5. The zero-order valence-electron chi connectivity index (χ0n) is 16.1. The largest absolute Gasteiger partial charge is 0.496 e. The monoisotopic (exact) mass is 354 g/mol. The van der Waals surface area contributed by atoms with Gasteiger partial charge in [-0.2, -0.15) is 10.4 Å². The molecule has 138 valence electrons. The highest BCUT2D eigenvalue weighted by molar-refractivity contribution is 5.91. The zero-order valence-corrected chi connectivity index (χ0v) is 16.1. The minimum Gasteiger partial charge on any atom is -0.496 e. The number of anilines is 1. The van der Waals surface area contributed by atoms with Crippen molar-refractivity contribution in [2.45, 2.75) is 46.1 Å². The Morgan fingerprint density at radius 1 is 1.46 bits per heavy atom. The number of ether oxygens (including phenoxy) is 1. The van der Waals surface area contributed by atoms with E-state index in [1.54, 1.807) is 19.4 Å². The molecule has 26 heavy (non-hydrogen) atoms. The number of allylic oxidation sites excluding steroid dienone is 1. The number of fused-ring (bicyclic) bond motifs is 1. The molecule has 2 rings (SSSR count). The molecule has 1 amide bonds. The quantitative estimate of drug-likeness (QED) is 0.627. The van der Waals surface area contributed by atoms with E-state index in [1.165, 1.54) is 5.57 Å². The first-order valence-corrected chi connectivity index (χ1v) is 8.72. The highest BCUT2D eigenvalue weighted by Crippen LogP contribution is 2.41. The number of methoxy groups -OCH3 is 1. The van der Waals surface area contributed by atoms with Crippen LogP contribution in [-0.2, 0) is 4.79 Å². The van der Waals surface area contributed by atoms with Crippen molar-refractivity contribution < 1.29 is 9.53 Å². The van der Waals surface area contributed by atoms with Crippen LogP contribution in [0.5, 0.6) is 5.75 Å². The third-order valence-corrected chi connectivity index (χ3v) is 4.41. The summed E-state index contributed by atoms with van der Waals surface area (Å²) in [5, 5.41) is 12.5. The van der Waals surface area contributed by atoms with Crippen LogP contribution in [0, 0.1) is 11.3 Å². The van der Waals surface area contributed by atoms with Gasteiger partial charge in [-0.15, -0.1) is 0 Å². The van der Waals surface area contributed by atoms with Gasteiger partial charge in [-0.05, 0) is 38.8 Å². The van der Waals surface area contributed by atoms with Gasteiger partial charge in [-0.1, -0.05) is 13.0 Å². The van der Waals surface area contributed by atoms with Crippen molar-refractivity contribution in [3.8, 4) is 11.8 Å². The van der Waals surface area contributed by atoms with Crippen LogP contribution < -0.4 is 15.1 Å². The molecule has 1 N–H and O–H groups in total. The lowest BCUT2D eigenvalue weighted by Gasteiger charge is -2.43. The van der Waals surface area contributed by atoms with Crippen molar-refractivity contribution in [3.63, 3.8) is 0 Å². The van der Waals surface area contributed by atoms with Crippen LogP contribution in [-0.4, -0.2) is 31.3 Å². The average Bonchev–Trinajstić information content (AvgIpc) is 2.58. The van der Waals surface area contributed by atoms with E-state index >= 15 is 0 Å². The zero-order chi connectivity index (χ0) is 19.3. The molecule has 1 aromatic rings. The van der Waals surface area contributed by atoms with Crippen molar-refractivity contribution in [1.82, 2.24) is 5.43 Å². The second-order valence-corrected chi connectivity index (χ2v) is 6.87. The Labute approximate surface area is 155 Å². The third kappa shape index (κ3) is 4.05. The molecule has 0 atom stereocenters. The van der Waals surface area contributed by atoms with Gasteiger partial charge in [0, 0.05) is 29.4 Å². The summed E-state index contributed by atoms with van der Waals surface area (Å²) < 4.78 is 5.54. The van der Waals surface area contributed by atoms with E-state index < -0.39 is 5.91 Å². The number of benzene rings is 1. The fraction of sp³-hybridized carbons (Fsp3) is 0.450. The summed E-state index contributed by atoms with van der Waals surface area (Å²) >= 11 is 0. The van der Waals surface area contributed by atoms with Crippen LogP contribution in [0.3, 0.4) is 0 Å². The van der Waals surface area contributed by atoms with E-state index in [0.717, 1.165) is 29.8 Å². The molecule has 0 bridgehead atoms. The maximum absolute atomic E-state index is 11.4. The van der Waals surface area contributed by atoms with E-state index in [0.29, 0.717) is 5.75 Å². The first-order chi connectivity index (χ1) is 12.3. The fourth-order valence-corrected chi connectivity index (χ4v) is 3.32. The standard InChI is InChI=1S/C20H26N4O2/c1-6-9-24-17-11-18(26-5)15(13-22-23-19(25)7-8-21)10-16(17)14(2)12-20(24,3)4/h10-13H,6-7,9H2,1-5H3,(H,23,25)/b22-13-. The molecule has 1 heterocycles. The van der Waals surface area contributed by atoms with Crippen molar-refractivity contribution in [2.24, 2.45) is 5.10 Å². The number of hydrogen-bond donors (Lipinski definition) is 1. The Morgan fingerprint density at radius 2 is 2.19 bits per heavy atom. The molecule has 0 unspecified atom stereocenters. The predicted octanol–water partition coefficient (Wildman–Crippen LogP) is 3.47. The summed E-state index contributed by atoms with van der Waals surface area (Å²) in [4.78, 5) is 13.7. The lowest BCUT2D eigenvalue weighted by Crippen LogP contribution is -2.45. The van der Waals surface area contributed by atoms with Crippen molar-refractivity contribution in [2.75, 3.05) is 18.6 Å². The summed E-state index contributed by atoms with van der Waals surface area (Å²) in [6.45, 7) is 9.64. The molecule has 6 heteroatoms. The van der Waals surface area contributed by atoms with Crippen molar-refractivity contribution >= 4 is 23.4 Å². The van der Waals surface area contributed by atoms with E-state index in [9.17, 15) is 4.79 Å². The van der Waals surface area contributed by atoms with Crippen LogP contribution >= 0.6 is 0 Å². The third-order valence-electron chi connectivity index (χ3n) is 4.41. The van der Waals surface area contributed by atoms with Crippen molar-refractivity contribution in [3.05, 3.63) is 29.3 Å². The van der Waals surface area contributed by atoms with Crippen LogP contribution in [0.15, 0.2) is 23.3 Å². The van der Waals surface area contributed by atoms with E-state index in [4.69, 9.17) is 10.00 Å². The minimum absolute atomic E-state index is 0.0705. The molecule has 1 aliphatic heterocycles. The van der Waals surface area contributed by atoms with E-state index in [-0.39, 0.29) is 12.0 Å². The van der Waals surface area contributed by atoms with Gasteiger partial charge in [0.1, 0.15) is 12.2 Å². The van der Waals surface area contributed by atoms with Crippen LogP contribution in [0.1, 0.15) is 51.7 Å². The number of rotatable bonds is 6. The lowest BCUT2D eigenvalue weighted by atomic mass is 9.87. The molecular formula is C20H26N4O2. The summed E-state index contributed by atoms with van der Waals surface area (Å²) in [5.74, 6) is 0.251. The van der Waals surface area contributed by atoms with Crippen LogP contribution in [0.2, 0.25) is 0 Å². The Kier molecular flexibility index (Phi) is 6.04. The van der Waals surface area contributed by atoms with Gasteiger partial charge in [0.2, 0.25) is 0 Å². The minimum atomic E-state index is -0.437. The summed E-state index contributed by atoms with van der Waals surface area (Å²) in [7, 11) is 1.62.